The second kappa shape index (κ2) is 15.2. The van der Waals surface area contributed by atoms with Crippen molar-refractivity contribution in [1.29, 1.82) is 0 Å². The molecular formula is C35H53N7O6. The third kappa shape index (κ3) is 8.26. The molecule has 1 aliphatic heterocycles. The maximum Gasteiger partial charge on any atom is 0.289 e. The van der Waals surface area contributed by atoms with Crippen molar-refractivity contribution in [1.82, 2.24) is 36.1 Å². The molecule has 0 bridgehead atoms. The maximum atomic E-state index is 14.6. The van der Waals surface area contributed by atoms with E-state index in [1.807, 2.05) is 27.7 Å². The number of nitrogens with zero attached hydrogens (tertiary/aromatic N) is 2. The van der Waals surface area contributed by atoms with Crippen LogP contribution in [0.2, 0.25) is 0 Å². The SMILES string of the molecule is CCC[C@H](NC(=O)[C@@H]1[C@H]2CCC[C@H]2CN1C(=O)C(NC(=O)[C@@H](NC(=O)c1cnc[nH]1)C1CCCCC1)C(C)(C)C)C(=O)C(=O)NC1CC1. The number of aromatic nitrogens is 2. The summed E-state index contributed by atoms with van der Waals surface area (Å²) in [6.07, 6.45) is 12.5. The number of amides is 5. The van der Waals surface area contributed by atoms with Crippen molar-refractivity contribution in [2.75, 3.05) is 6.54 Å². The molecule has 0 spiro atoms. The first-order chi connectivity index (χ1) is 22.9. The fraction of sp³-hybridized carbons (Fsp3) is 0.743. The first-order valence-electron chi connectivity index (χ1n) is 17.9. The average molecular weight is 668 g/mol. The van der Waals surface area contributed by atoms with E-state index in [4.69, 9.17) is 0 Å². The zero-order valence-corrected chi connectivity index (χ0v) is 28.8. The molecule has 0 aromatic carbocycles. The number of nitrogens with one attached hydrogen (secondary N) is 5. The van der Waals surface area contributed by atoms with Gasteiger partial charge >= 0.3 is 0 Å². The van der Waals surface area contributed by atoms with Crippen LogP contribution in [-0.4, -0.2) is 86.9 Å². The number of fused-ring (bicyclic) bond motifs is 1. The maximum absolute atomic E-state index is 14.6. The molecule has 4 aliphatic rings. The van der Waals surface area contributed by atoms with Crippen molar-refractivity contribution in [2.24, 2.45) is 23.2 Å². The van der Waals surface area contributed by atoms with Crippen molar-refractivity contribution >= 4 is 35.3 Å². The van der Waals surface area contributed by atoms with Gasteiger partial charge in [0, 0.05) is 12.6 Å². The summed E-state index contributed by atoms with van der Waals surface area (Å²) in [7, 11) is 0. The van der Waals surface area contributed by atoms with E-state index in [1.54, 1.807) is 4.90 Å². The molecule has 5 amide bonds. The normalized spacial score (nSPS) is 24.6. The number of H-pyrrole nitrogens is 1. The molecule has 1 aromatic heterocycles. The van der Waals surface area contributed by atoms with E-state index >= 15 is 0 Å². The van der Waals surface area contributed by atoms with E-state index in [0.29, 0.717) is 19.4 Å². The highest BCUT2D eigenvalue weighted by atomic mass is 16.2. The first-order valence-corrected chi connectivity index (χ1v) is 17.9. The quantitative estimate of drug-likeness (QED) is 0.200. The Kier molecular flexibility index (Phi) is 11.2. The van der Waals surface area contributed by atoms with E-state index in [0.717, 1.165) is 64.2 Å². The molecule has 5 N–H and O–H groups in total. The summed E-state index contributed by atoms with van der Waals surface area (Å²) in [6, 6.07) is -3.61. The third-order valence-electron chi connectivity index (χ3n) is 10.6. The minimum atomic E-state index is -0.980. The van der Waals surface area contributed by atoms with Crippen LogP contribution in [0.1, 0.15) is 115 Å². The molecule has 3 saturated carbocycles. The second-order valence-electron chi connectivity index (χ2n) is 15.4. The first kappa shape index (κ1) is 35.5. The lowest BCUT2D eigenvalue weighted by Gasteiger charge is -2.38. The Hall–Kier alpha value is -3.77. The van der Waals surface area contributed by atoms with Gasteiger partial charge < -0.3 is 31.2 Å². The summed E-state index contributed by atoms with van der Waals surface area (Å²) in [5.74, 6) is -3.06. The minimum absolute atomic E-state index is 0.0164. The Balaban J connectivity index is 1.35. The molecule has 3 aliphatic carbocycles. The second-order valence-corrected chi connectivity index (χ2v) is 15.4. The lowest BCUT2D eigenvalue weighted by atomic mass is 9.82. The highest BCUT2D eigenvalue weighted by molar-refractivity contribution is 6.38. The smallest absolute Gasteiger partial charge is 0.289 e. The van der Waals surface area contributed by atoms with Gasteiger partial charge in [-0.25, -0.2) is 4.98 Å². The fourth-order valence-corrected chi connectivity index (χ4v) is 7.84. The van der Waals surface area contributed by atoms with Crippen molar-refractivity contribution in [3.8, 4) is 0 Å². The van der Waals surface area contributed by atoms with Crippen LogP contribution in [0, 0.1) is 23.2 Å². The monoisotopic (exact) mass is 667 g/mol. The summed E-state index contributed by atoms with van der Waals surface area (Å²) >= 11 is 0. The van der Waals surface area contributed by atoms with Gasteiger partial charge in [0.1, 0.15) is 23.8 Å². The molecule has 4 fully saturated rings. The fourth-order valence-electron chi connectivity index (χ4n) is 7.84. The van der Waals surface area contributed by atoms with Gasteiger partial charge in [-0.15, -0.1) is 0 Å². The van der Waals surface area contributed by atoms with Crippen molar-refractivity contribution in [3.05, 3.63) is 18.2 Å². The van der Waals surface area contributed by atoms with Crippen molar-refractivity contribution in [3.63, 3.8) is 0 Å². The molecule has 264 valence electrons. The Morgan fingerprint density at radius 3 is 2.29 bits per heavy atom. The molecule has 13 heteroatoms. The standard InChI is InChI=1S/C35H53N7O6/c1-5-10-24(28(43)33(47)38-22-15-16-22)39-32(46)27-23-14-9-13-21(23)18-42(27)34(48)29(35(2,3)4)41-31(45)26(20-11-7-6-8-12-20)40-30(44)25-17-36-19-37-25/h17,19-24,26-27,29H,5-16,18H2,1-4H3,(H,36,37)(H,38,47)(H,39,46)(H,40,44)(H,41,45)/t21-,23-,24-,26-,27-,29?/m0/s1. The van der Waals surface area contributed by atoms with Gasteiger partial charge in [0.2, 0.25) is 23.5 Å². The number of carbonyl (C=O) groups is 6. The van der Waals surface area contributed by atoms with Crippen molar-refractivity contribution in [2.45, 2.75) is 135 Å². The summed E-state index contributed by atoms with van der Waals surface area (Å²) in [4.78, 5) is 89.8. The van der Waals surface area contributed by atoms with Crippen LogP contribution in [0.25, 0.3) is 0 Å². The number of imidazole rings is 1. The molecule has 2 heterocycles. The number of hydrogen-bond donors (Lipinski definition) is 5. The predicted octanol–water partition coefficient (Wildman–Crippen LogP) is 2.38. The number of ketones is 1. The van der Waals surface area contributed by atoms with E-state index in [1.165, 1.54) is 12.5 Å². The van der Waals surface area contributed by atoms with E-state index in [2.05, 4.69) is 31.2 Å². The minimum Gasteiger partial charge on any atom is -0.347 e. The summed E-state index contributed by atoms with van der Waals surface area (Å²) < 4.78 is 0. The van der Waals surface area contributed by atoms with E-state index < -0.39 is 59.0 Å². The molecule has 13 nitrogen and oxygen atoms in total. The lowest BCUT2D eigenvalue weighted by Crippen LogP contribution is -2.62. The van der Waals surface area contributed by atoms with E-state index in [9.17, 15) is 28.8 Å². The molecule has 0 radical (unpaired) electrons. The largest absolute Gasteiger partial charge is 0.347 e. The highest BCUT2D eigenvalue weighted by Gasteiger charge is 2.52. The summed E-state index contributed by atoms with van der Waals surface area (Å²) in [6.45, 7) is 7.87. The van der Waals surface area contributed by atoms with Crippen molar-refractivity contribution < 1.29 is 28.8 Å². The Labute approximate surface area is 282 Å². The number of hydrogen-bond acceptors (Lipinski definition) is 7. The molecule has 1 aromatic rings. The number of Topliss-reactive ketones (excluding diaryl/α,β-unsaturated/α-hetero) is 1. The van der Waals surface area contributed by atoms with Crippen LogP contribution in [0.15, 0.2) is 12.5 Å². The van der Waals surface area contributed by atoms with Gasteiger partial charge in [0.05, 0.1) is 18.6 Å². The Morgan fingerprint density at radius 1 is 0.938 bits per heavy atom. The van der Waals surface area contributed by atoms with E-state index in [-0.39, 0.29) is 35.4 Å². The topological polar surface area (TPSA) is 182 Å². The van der Waals surface area contributed by atoms with Gasteiger partial charge in [-0.1, -0.05) is 59.8 Å². The van der Waals surface area contributed by atoms with Gasteiger partial charge in [0.25, 0.3) is 11.8 Å². The van der Waals surface area contributed by atoms with Crippen LogP contribution in [0.4, 0.5) is 0 Å². The zero-order chi connectivity index (χ0) is 34.6. The Morgan fingerprint density at radius 2 is 1.67 bits per heavy atom. The van der Waals surface area contributed by atoms with Crippen LogP contribution in [0.3, 0.4) is 0 Å². The summed E-state index contributed by atoms with van der Waals surface area (Å²) in [5, 5.41) is 11.5. The highest BCUT2D eigenvalue weighted by Crippen LogP contribution is 2.43. The summed E-state index contributed by atoms with van der Waals surface area (Å²) in [5.41, 5.74) is -0.480. The molecule has 48 heavy (non-hydrogen) atoms. The average Bonchev–Trinajstić information content (AvgIpc) is 3.40. The number of aromatic amines is 1. The van der Waals surface area contributed by atoms with Gasteiger partial charge in [-0.2, -0.15) is 0 Å². The number of rotatable bonds is 13. The predicted molar refractivity (Wildman–Crippen MR) is 177 cm³/mol. The molecule has 6 atom stereocenters. The van der Waals surface area contributed by atoms with Crippen LogP contribution >= 0.6 is 0 Å². The number of carbonyl (C=O) groups excluding carboxylic acids is 6. The van der Waals surface area contributed by atoms with Gasteiger partial charge in [-0.3, -0.25) is 28.8 Å². The van der Waals surface area contributed by atoms with Crippen LogP contribution in [0.5, 0.6) is 0 Å². The number of likely N-dealkylation sites (tertiary alicyclic amines) is 1. The lowest BCUT2D eigenvalue weighted by molar-refractivity contribution is -0.146. The molecule has 1 saturated heterocycles. The molecule has 1 unspecified atom stereocenters. The third-order valence-corrected chi connectivity index (χ3v) is 10.6. The van der Waals surface area contributed by atoms with Crippen LogP contribution in [-0.2, 0) is 24.0 Å². The molecule has 5 rings (SSSR count). The van der Waals surface area contributed by atoms with Gasteiger partial charge in [-0.05, 0) is 68.1 Å². The molecular weight excluding hydrogens is 614 g/mol. The Bertz CT molecular complexity index is 1350. The van der Waals surface area contributed by atoms with Crippen LogP contribution < -0.4 is 21.3 Å². The zero-order valence-electron chi connectivity index (χ0n) is 28.8. The van der Waals surface area contributed by atoms with Gasteiger partial charge in [0.15, 0.2) is 0 Å².